The Hall–Kier alpha value is -0.780. The van der Waals surface area contributed by atoms with Crippen molar-refractivity contribution in [1.29, 1.82) is 0 Å². The second-order valence-electron chi connectivity index (χ2n) is 4.42. The molecule has 96 valence electrons. The number of thiazole rings is 1. The zero-order valence-corrected chi connectivity index (χ0v) is 13.0. The number of aromatic nitrogens is 2. The van der Waals surface area contributed by atoms with E-state index in [1.807, 2.05) is 13.2 Å². The lowest BCUT2D eigenvalue weighted by Gasteiger charge is -2.13. The molecule has 2 heterocycles. The standard InChI is InChI=1S/C13H16BrN3S/c1-8(2)11-7-18-13(17-11)12(15-3)9-4-10(14)6-16-5-9/h4-8,12,15H,1-3H3. The molecule has 1 N–H and O–H groups in total. The van der Waals surface area contributed by atoms with Crippen LogP contribution in [0.1, 0.15) is 42.1 Å². The molecule has 0 aromatic carbocycles. The Bertz CT molecular complexity index is 524. The number of nitrogens with zero attached hydrogens (tertiary/aromatic N) is 2. The smallest absolute Gasteiger partial charge is 0.114 e. The van der Waals surface area contributed by atoms with Crippen LogP contribution in [0, 0.1) is 0 Å². The van der Waals surface area contributed by atoms with Crippen molar-refractivity contribution < 1.29 is 0 Å². The molecule has 0 radical (unpaired) electrons. The molecular weight excluding hydrogens is 310 g/mol. The summed E-state index contributed by atoms with van der Waals surface area (Å²) < 4.78 is 0.987. The van der Waals surface area contributed by atoms with Gasteiger partial charge in [0, 0.05) is 22.2 Å². The molecule has 0 bridgehead atoms. The molecule has 0 amide bonds. The molecule has 0 spiro atoms. The van der Waals surface area contributed by atoms with Gasteiger partial charge in [0.1, 0.15) is 5.01 Å². The van der Waals surface area contributed by atoms with Crippen molar-refractivity contribution in [2.45, 2.75) is 25.8 Å². The minimum atomic E-state index is 0.104. The topological polar surface area (TPSA) is 37.8 Å². The van der Waals surface area contributed by atoms with Gasteiger partial charge in [-0.2, -0.15) is 0 Å². The third kappa shape index (κ3) is 2.96. The molecule has 3 nitrogen and oxygen atoms in total. The van der Waals surface area contributed by atoms with E-state index in [0.717, 1.165) is 20.7 Å². The van der Waals surface area contributed by atoms with Crippen LogP contribution in [0.5, 0.6) is 0 Å². The lowest BCUT2D eigenvalue weighted by Crippen LogP contribution is -2.17. The van der Waals surface area contributed by atoms with Gasteiger partial charge < -0.3 is 5.32 Å². The van der Waals surface area contributed by atoms with Gasteiger partial charge in [0.05, 0.1) is 11.7 Å². The second-order valence-corrected chi connectivity index (χ2v) is 6.23. The largest absolute Gasteiger partial charge is 0.307 e. The van der Waals surface area contributed by atoms with Crippen molar-refractivity contribution in [3.05, 3.63) is 44.6 Å². The molecule has 18 heavy (non-hydrogen) atoms. The lowest BCUT2D eigenvalue weighted by molar-refractivity contribution is 0.675. The van der Waals surface area contributed by atoms with Crippen molar-refractivity contribution in [2.24, 2.45) is 0 Å². The first kappa shape index (κ1) is 13.6. The van der Waals surface area contributed by atoms with Crippen LogP contribution in [0.4, 0.5) is 0 Å². The van der Waals surface area contributed by atoms with Gasteiger partial charge in [-0.15, -0.1) is 11.3 Å². The van der Waals surface area contributed by atoms with Crippen LogP contribution in [-0.2, 0) is 0 Å². The van der Waals surface area contributed by atoms with E-state index in [2.05, 4.69) is 51.5 Å². The number of nitrogens with one attached hydrogen (secondary N) is 1. The normalized spacial score (nSPS) is 12.9. The lowest BCUT2D eigenvalue weighted by atomic mass is 10.1. The Labute approximate surface area is 120 Å². The minimum Gasteiger partial charge on any atom is -0.307 e. The summed E-state index contributed by atoms with van der Waals surface area (Å²) in [4.78, 5) is 8.91. The molecule has 5 heteroatoms. The highest BCUT2D eigenvalue weighted by Crippen LogP contribution is 2.28. The van der Waals surface area contributed by atoms with Crippen LogP contribution in [0.25, 0.3) is 0 Å². The van der Waals surface area contributed by atoms with Crippen LogP contribution in [0.3, 0.4) is 0 Å². The van der Waals surface area contributed by atoms with Crippen LogP contribution in [-0.4, -0.2) is 17.0 Å². The molecule has 1 atom stereocenters. The fourth-order valence-electron chi connectivity index (χ4n) is 1.72. The van der Waals surface area contributed by atoms with Crippen LogP contribution >= 0.6 is 27.3 Å². The minimum absolute atomic E-state index is 0.104. The van der Waals surface area contributed by atoms with E-state index in [-0.39, 0.29) is 6.04 Å². The summed E-state index contributed by atoms with van der Waals surface area (Å²) in [5.41, 5.74) is 2.27. The van der Waals surface area contributed by atoms with E-state index < -0.39 is 0 Å². The fraction of sp³-hybridized carbons (Fsp3) is 0.385. The van der Waals surface area contributed by atoms with Gasteiger partial charge in [0.15, 0.2) is 0 Å². The fourth-order valence-corrected chi connectivity index (χ4v) is 3.21. The summed E-state index contributed by atoms with van der Waals surface area (Å²) in [6, 6.07) is 2.18. The summed E-state index contributed by atoms with van der Waals surface area (Å²) in [5, 5.41) is 6.52. The van der Waals surface area contributed by atoms with E-state index in [1.165, 1.54) is 0 Å². The molecular formula is C13H16BrN3S. The summed E-state index contributed by atoms with van der Waals surface area (Å²) in [6.45, 7) is 4.32. The summed E-state index contributed by atoms with van der Waals surface area (Å²) in [5.74, 6) is 0.466. The molecule has 2 aromatic heterocycles. The predicted octanol–water partition coefficient (Wildman–Crippen LogP) is 3.73. The van der Waals surface area contributed by atoms with Gasteiger partial charge in [-0.25, -0.2) is 4.98 Å². The summed E-state index contributed by atoms with van der Waals surface area (Å²) in [7, 11) is 1.95. The average molecular weight is 326 g/mol. The molecule has 0 aliphatic heterocycles. The Balaban J connectivity index is 2.33. The third-order valence-electron chi connectivity index (χ3n) is 2.73. The van der Waals surface area contributed by atoms with Crippen LogP contribution in [0.15, 0.2) is 28.3 Å². The molecule has 0 saturated carbocycles. The number of pyridine rings is 1. The maximum absolute atomic E-state index is 4.70. The zero-order valence-electron chi connectivity index (χ0n) is 10.6. The quantitative estimate of drug-likeness (QED) is 0.930. The van der Waals surface area contributed by atoms with Gasteiger partial charge in [0.25, 0.3) is 0 Å². The monoisotopic (exact) mass is 325 g/mol. The number of rotatable bonds is 4. The number of halogens is 1. The summed E-state index contributed by atoms with van der Waals surface area (Å²) >= 11 is 5.15. The Morgan fingerprint density at radius 3 is 2.67 bits per heavy atom. The van der Waals surface area contributed by atoms with E-state index >= 15 is 0 Å². The first-order valence-electron chi connectivity index (χ1n) is 5.85. The number of hydrogen-bond donors (Lipinski definition) is 1. The van der Waals surface area contributed by atoms with Crippen LogP contribution in [0.2, 0.25) is 0 Å². The first-order valence-corrected chi connectivity index (χ1v) is 7.52. The SMILES string of the molecule is CNC(c1cncc(Br)c1)c1nc(C(C)C)cs1. The van der Waals surface area contributed by atoms with Gasteiger partial charge in [-0.3, -0.25) is 4.98 Å². The number of hydrogen-bond acceptors (Lipinski definition) is 4. The molecule has 2 rings (SSSR count). The Kier molecular flexibility index (Phi) is 4.48. The molecule has 0 saturated heterocycles. The molecule has 0 aliphatic carbocycles. The van der Waals surface area contributed by atoms with Gasteiger partial charge in [-0.05, 0) is 40.5 Å². The highest BCUT2D eigenvalue weighted by Gasteiger charge is 2.17. The van der Waals surface area contributed by atoms with Crippen molar-refractivity contribution >= 4 is 27.3 Å². The highest BCUT2D eigenvalue weighted by atomic mass is 79.9. The van der Waals surface area contributed by atoms with E-state index in [9.17, 15) is 0 Å². The maximum atomic E-state index is 4.70. The Morgan fingerprint density at radius 2 is 2.11 bits per heavy atom. The Morgan fingerprint density at radius 1 is 1.33 bits per heavy atom. The average Bonchev–Trinajstić information content (AvgIpc) is 2.80. The molecule has 1 unspecified atom stereocenters. The van der Waals surface area contributed by atoms with Gasteiger partial charge in [-0.1, -0.05) is 13.8 Å². The predicted molar refractivity (Wildman–Crippen MR) is 79.0 cm³/mol. The van der Waals surface area contributed by atoms with Gasteiger partial charge >= 0.3 is 0 Å². The third-order valence-corrected chi connectivity index (χ3v) is 4.09. The zero-order chi connectivity index (χ0) is 13.1. The van der Waals surface area contributed by atoms with Crippen molar-refractivity contribution in [3.63, 3.8) is 0 Å². The van der Waals surface area contributed by atoms with E-state index in [1.54, 1.807) is 17.5 Å². The molecule has 2 aromatic rings. The van der Waals surface area contributed by atoms with Crippen molar-refractivity contribution in [3.8, 4) is 0 Å². The maximum Gasteiger partial charge on any atom is 0.114 e. The van der Waals surface area contributed by atoms with Crippen molar-refractivity contribution in [1.82, 2.24) is 15.3 Å². The van der Waals surface area contributed by atoms with E-state index in [4.69, 9.17) is 4.98 Å². The van der Waals surface area contributed by atoms with Crippen LogP contribution < -0.4 is 5.32 Å². The van der Waals surface area contributed by atoms with Crippen molar-refractivity contribution in [2.75, 3.05) is 7.05 Å². The van der Waals surface area contributed by atoms with Gasteiger partial charge in [0.2, 0.25) is 0 Å². The molecule has 0 fully saturated rings. The first-order chi connectivity index (χ1) is 8.61. The van der Waals surface area contributed by atoms with E-state index in [0.29, 0.717) is 5.92 Å². The summed E-state index contributed by atoms with van der Waals surface area (Å²) in [6.07, 6.45) is 3.67. The highest BCUT2D eigenvalue weighted by molar-refractivity contribution is 9.10. The second kappa shape index (κ2) is 5.91. The molecule has 0 aliphatic rings.